The molecule has 2 aliphatic heterocycles. The number of carbonyl (C=O) groups excluding carboxylic acids is 1. The molecule has 0 aliphatic carbocycles. The molecule has 2 aromatic rings. The van der Waals surface area contributed by atoms with Crippen LogP contribution in [0.5, 0.6) is 0 Å². The first-order chi connectivity index (χ1) is 11.2. The standard InChI is InChI=1S/C18H19NO3S/c20-18(14-10-15-2-1-3-16(11-14)23(15)21)13-6-4-12(5-7-13)17-8-9-19-22-17/h4-9,14-16H,1-3,10-11H2. The number of fused-ring (bicyclic) bond motifs is 2. The zero-order chi connectivity index (χ0) is 15.8. The van der Waals surface area contributed by atoms with Crippen molar-refractivity contribution >= 4 is 16.6 Å². The monoisotopic (exact) mass is 329 g/mol. The van der Waals surface area contributed by atoms with Gasteiger partial charge in [-0.15, -0.1) is 0 Å². The summed E-state index contributed by atoms with van der Waals surface area (Å²) >= 11 is 0. The summed E-state index contributed by atoms with van der Waals surface area (Å²) in [6.07, 6.45) is 6.36. The smallest absolute Gasteiger partial charge is 0.166 e. The lowest BCUT2D eigenvalue weighted by molar-refractivity contribution is 0.0895. The third-order valence-electron chi connectivity index (χ3n) is 5.07. The van der Waals surface area contributed by atoms with E-state index < -0.39 is 10.8 Å². The molecule has 0 radical (unpaired) electrons. The first kappa shape index (κ1) is 14.8. The van der Waals surface area contributed by atoms with Gasteiger partial charge in [-0.25, -0.2) is 0 Å². The molecule has 0 N–H and O–H groups in total. The van der Waals surface area contributed by atoms with Gasteiger partial charge in [-0.1, -0.05) is 35.8 Å². The van der Waals surface area contributed by atoms with E-state index >= 15 is 0 Å². The molecule has 1 aromatic carbocycles. The molecule has 4 rings (SSSR count). The van der Waals surface area contributed by atoms with Gasteiger partial charge in [0.25, 0.3) is 0 Å². The molecule has 0 spiro atoms. The van der Waals surface area contributed by atoms with E-state index in [1.54, 1.807) is 12.3 Å². The van der Waals surface area contributed by atoms with Crippen molar-refractivity contribution in [2.45, 2.75) is 42.6 Å². The van der Waals surface area contributed by atoms with Gasteiger partial charge in [0.15, 0.2) is 11.5 Å². The van der Waals surface area contributed by atoms with Gasteiger partial charge in [0.1, 0.15) is 0 Å². The molecule has 2 atom stereocenters. The van der Waals surface area contributed by atoms with Crippen LogP contribution in [-0.2, 0) is 10.8 Å². The summed E-state index contributed by atoms with van der Waals surface area (Å²) in [5, 5.41) is 4.15. The predicted octanol–water partition coefficient (Wildman–Crippen LogP) is 3.60. The Bertz CT molecular complexity index is 707. The number of aromatic nitrogens is 1. The lowest BCUT2D eigenvalue weighted by Gasteiger charge is -2.37. The van der Waals surface area contributed by atoms with Crippen LogP contribution in [0.4, 0.5) is 0 Å². The van der Waals surface area contributed by atoms with E-state index in [-0.39, 0.29) is 22.2 Å². The van der Waals surface area contributed by atoms with Gasteiger partial charge < -0.3 is 4.52 Å². The van der Waals surface area contributed by atoms with Crippen LogP contribution >= 0.6 is 0 Å². The molecule has 2 bridgehead atoms. The summed E-state index contributed by atoms with van der Waals surface area (Å²) < 4.78 is 17.4. The van der Waals surface area contributed by atoms with E-state index in [1.807, 2.05) is 24.3 Å². The lowest BCUT2D eigenvalue weighted by atomic mass is 9.84. The van der Waals surface area contributed by atoms with Crippen molar-refractivity contribution in [1.29, 1.82) is 0 Å². The maximum Gasteiger partial charge on any atom is 0.166 e. The van der Waals surface area contributed by atoms with Crippen LogP contribution in [-0.4, -0.2) is 25.6 Å². The quantitative estimate of drug-likeness (QED) is 0.807. The fraction of sp³-hybridized carbons (Fsp3) is 0.444. The largest absolute Gasteiger partial charge is 0.356 e. The summed E-state index contributed by atoms with van der Waals surface area (Å²) in [6, 6.07) is 9.32. The van der Waals surface area contributed by atoms with Crippen molar-refractivity contribution in [3.05, 3.63) is 42.1 Å². The number of rotatable bonds is 3. The topological polar surface area (TPSA) is 60.2 Å². The van der Waals surface area contributed by atoms with Crippen LogP contribution in [0.25, 0.3) is 11.3 Å². The van der Waals surface area contributed by atoms with Crippen LogP contribution in [0.2, 0.25) is 0 Å². The molecular formula is C18H19NO3S. The average Bonchev–Trinajstić information content (AvgIpc) is 3.08. The third kappa shape index (κ3) is 2.78. The van der Waals surface area contributed by atoms with Crippen LogP contribution < -0.4 is 0 Å². The molecular weight excluding hydrogens is 310 g/mol. The van der Waals surface area contributed by atoms with Crippen molar-refractivity contribution in [1.82, 2.24) is 5.16 Å². The van der Waals surface area contributed by atoms with Crippen LogP contribution in [0.1, 0.15) is 42.5 Å². The van der Waals surface area contributed by atoms with Gasteiger partial charge in [0.05, 0.1) is 6.20 Å². The molecule has 2 aliphatic rings. The minimum Gasteiger partial charge on any atom is -0.356 e. The third-order valence-corrected chi connectivity index (χ3v) is 7.24. The Kier molecular flexibility index (Phi) is 3.89. The second-order valence-corrected chi connectivity index (χ2v) is 8.48. The number of hydrogen-bond donors (Lipinski definition) is 0. The first-order valence-corrected chi connectivity index (χ1v) is 9.44. The lowest BCUT2D eigenvalue weighted by Crippen LogP contribution is -2.41. The maximum absolute atomic E-state index is 12.8. The molecule has 2 unspecified atom stereocenters. The number of hydrogen-bond acceptors (Lipinski definition) is 4. The Balaban J connectivity index is 1.52. The highest BCUT2D eigenvalue weighted by atomic mass is 32.2. The SMILES string of the molecule is O=C(c1ccc(-c2ccno2)cc1)C1CC2CCCC(C1)S2=O. The molecule has 1 aromatic heterocycles. The normalized spacial score (nSPS) is 30.1. The Labute approximate surface area is 137 Å². The fourth-order valence-corrected chi connectivity index (χ4v) is 6.03. The molecule has 0 saturated carbocycles. The molecule has 23 heavy (non-hydrogen) atoms. The molecule has 2 fully saturated rings. The van der Waals surface area contributed by atoms with E-state index in [2.05, 4.69) is 5.16 Å². The highest BCUT2D eigenvalue weighted by Gasteiger charge is 2.40. The highest BCUT2D eigenvalue weighted by Crippen LogP contribution is 2.38. The minimum atomic E-state index is -0.725. The second-order valence-electron chi connectivity index (χ2n) is 6.49. The number of nitrogens with zero attached hydrogens (tertiary/aromatic N) is 1. The maximum atomic E-state index is 12.8. The van der Waals surface area contributed by atoms with Gasteiger partial charge in [0.2, 0.25) is 0 Å². The Morgan fingerprint density at radius 1 is 1.09 bits per heavy atom. The summed E-state index contributed by atoms with van der Waals surface area (Å²) in [5.41, 5.74) is 1.66. The van der Waals surface area contributed by atoms with Crippen molar-refractivity contribution in [3.8, 4) is 11.3 Å². The summed E-state index contributed by atoms with van der Waals surface area (Å²) in [7, 11) is -0.725. The van der Waals surface area contributed by atoms with Gasteiger partial charge in [0, 0.05) is 44.4 Å². The molecule has 5 heteroatoms. The molecule has 2 saturated heterocycles. The van der Waals surface area contributed by atoms with Crippen LogP contribution in [0, 0.1) is 5.92 Å². The predicted molar refractivity (Wildman–Crippen MR) is 88.6 cm³/mol. The Hall–Kier alpha value is -1.75. The van der Waals surface area contributed by atoms with Crippen molar-refractivity contribution < 1.29 is 13.5 Å². The Morgan fingerprint density at radius 2 is 1.78 bits per heavy atom. The fourth-order valence-electron chi connectivity index (χ4n) is 3.85. The van der Waals surface area contributed by atoms with Gasteiger partial charge >= 0.3 is 0 Å². The van der Waals surface area contributed by atoms with E-state index in [0.717, 1.165) is 43.2 Å². The van der Waals surface area contributed by atoms with E-state index in [4.69, 9.17) is 4.52 Å². The second kappa shape index (κ2) is 6.04. The number of carbonyl (C=O) groups is 1. The van der Waals surface area contributed by atoms with Gasteiger partial charge in [-0.2, -0.15) is 0 Å². The van der Waals surface area contributed by atoms with Crippen molar-refractivity contribution in [2.24, 2.45) is 5.92 Å². The van der Waals surface area contributed by atoms with Crippen LogP contribution in [0.3, 0.4) is 0 Å². The Morgan fingerprint density at radius 3 is 2.39 bits per heavy atom. The zero-order valence-corrected chi connectivity index (χ0v) is 13.6. The van der Waals surface area contributed by atoms with E-state index in [9.17, 15) is 9.00 Å². The zero-order valence-electron chi connectivity index (χ0n) is 12.8. The minimum absolute atomic E-state index is 0.0270. The van der Waals surface area contributed by atoms with Crippen molar-refractivity contribution in [2.75, 3.05) is 0 Å². The summed E-state index contributed by atoms with van der Waals surface area (Å²) in [4.78, 5) is 12.8. The molecule has 4 nitrogen and oxygen atoms in total. The number of benzene rings is 1. The van der Waals surface area contributed by atoms with Gasteiger partial charge in [-0.3, -0.25) is 9.00 Å². The molecule has 0 amide bonds. The van der Waals surface area contributed by atoms with Crippen molar-refractivity contribution in [3.63, 3.8) is 0 Å². The number of ketones is 1. The van der Waals surface area contributed by atoms with E-state index in [1.165, 1.54) is 0 Å². The average molecular weight is 329 g/mol. The summed E-state index contributed by atoms with van der Waals surface area (Å²) in [5.74, 6) is 0.924. The van der Waals surface area contributed by atoms with Gasteiger partial charge in [-0.05, 0) is 25.7 Å². The molecule has 3 heterocycles. The first-order valence-electron chi connectivity index (χ1n) is 8.17. The van der Waals surface area contributed by atoms with Crippen LogP contribution in [0.15, 0.2) is 41.1 Å². The highest BCUT2D eigenvalue weighted by molar-refractivity contribution is 7.86. The van der Waals surface area contributed by atoms with E-state index in [0.29, 0.717) is 5.76 Å². The molecule has 120 valence electrons. The summed E-state index contributed by atoms with van der Waals surface area (Å²) in [6.45, 7) is 0. The number of Topliss-reactive ketones (excluding diaryl/α,β-unsaturated/α-hetero) is 1.